The molecule has 18 heavy (non-hydrogen) atoms. The summed E-state index contributed by atoms with van der Waals surface area (Å²) in [5, 5.41) is 9.93. The Hall–Kier alpha value is -1.45. The van der Waals surface area contributed by atoms with Crippen LogP contribution in [0.3, 0.4) is 0 Å². The highest BCUT2D eigenvalue weighted by molar-refractivity contribution is 6.30. The molecule has 0 radical (unpaired) electrons. The van der Waals surface area contributed by atoms with Crippen molar-refractivity contribution in [1.82, 2.24) is 9.97 Å². The van der Waals surface area contributed by atoms with Gasteiger partial charge in [0.05, 0.1) is 6.61 Å². The van der Waals surface area contributed by atoms with Gasteiger partial charge in [-0.1, -0.05) is 23.7 Å². The van der Waals surface area contributed by atoms with E-state index in [1.165, 1.54) is 0 Å². The highest BCUT2D eigenvalue weighted by Crippen LogP contribution is 2.15. The maximum atomic E-state index is 9.22. The van der Waals surface area contributed by atoms with Crippen LogP contribution >= 0.6 is 11.6 Å². The number of aromatic nitrogens is 2. The monoisotopic (exact) mass is 262 g/mol. The van der Waals surface area contributed by atoms with E-state index in [1.54, 1.807) is 0 Å². The summed E-state index contributed by atoms with van der Waals surface area (Å²) in [5.41, 5.74) is 3.56. The standard InChI is InChI=1S/C14H15ClN2O/c1-9-13(8-18)10(2)17-14(16-9)7-11-4-3-5-12(15)6-11/h3-6,18H,7-8H2,1-2H3. The third-order valence-electron chi connectivity index (χ3n) is 2.88. The molecule has 4 heteroatoms. The number of aliphatic hydroxyl groups is 1. The second kappa shape index (κ2) is 5.46. The Kier molecular flexibility index (Phi) is 3.94. The molecule has 0 saturated heterocycles. The number of aryl methyl sites for hydroxylation is 2. The molecule has 0 amide bonds. The minimum absolute atomic E-state index is 0.0187. The molecule has 1 aromatic heterocycles. The van der Waals surface area contributed by atoms with Crippen molar-refractivity contribution in [2.75, 3.05) is 0 Å². The van der Waals surface area contributed by atoms with Gasteiger partial charge in [-0.25, -0.2) is 9.97 Å². The topological polar surface area (TPSA) is 46.0 Å². The first kappa shape index (κ1) is 13.0. The average molecular weight is 263 g/mol. The molecule has 0 spiro atoms. The highest BCUT2D eigenvalue weighted by atomic mass is 35.5. The maximum Gasteiger partial charge on any atom is 0.133 e. The Balaban J connectivity index is 2.30. The van der Waals surface area contributed by atoms with E-state index in [1.807, 2.05) is 38.1 Å². The Bertz CT molecular complexity index is 546. The molecule has 2 rings (SSSR count). The molecule has 0 atom stereocenters. The predicted molar refractivity (Wildman–Crippen MR) is 71.7 cm³/mol. The molecule has 1 N–H and O–H groups in total. The van der Waals surface area contributed by atoms with Crippen LogP contribution in [-0.4, -0.2) is 15.1 Å². The third kappa shape index (κ3) is 2.86. The van der Waals surface area contributed by atoms with E-state index in [9.17, 15) is 5.11 Å². The predicted octanol–water partition coefficient (Wildman–Crippen LogP) is 2.83. The molecule has 3 nitrogen and oxygen atoms in total. The fraction of sp³-hybridized carbons (Fsp3) is 0.286. The van der Waals surface area contributed by atoms with Gasteiger partial charge >= 0.3 is 0 Å². The van der Waals surface area contributed by atoms with E-state index < -0.39 is 0 Å². The van der Waals surface area contributed by atoms with Gasteiger partial charge in [-0.05, 0) is 31.5 Å². The van der Waals surface area contributed by atoms with Crippen molar-refractivity contribution in [3.8, 4) is 0 Å². The lowest BCUT2D eigenvalue weighted by atomic mass is 10.1. The van der Waals surface area contributed by atoms with Crippen LogP contribution in [0.4, 0.5) is 0 Å². The Morgan fingerprint density at radius 2 is 1.83 bits per heavy atom. The molecule has 0 fully saturated rings. The van der Waals surface area contributed by atoms with Crippen molar-refractivity contribution >= 4 is 11.6 Å². The zero-order chi connectivity index (χ0) is 13.1. The van der Waals surface area contributed by atoms with Gasteiger partial charge < -0.3 is 5.11 Å². The van der Waals surface area contributed by atoms with E-state index >= 15 is 0 Å². The molecule has 2 aromatic rings. The van der Waals surface area contributed by atoms with Crippen molar-refractivity contribution < 1.29 is 5.11 Å². The SMILES string of the molecule is Cc1nc(Cc2cccc(Cl)c2)nc(C)c1CO. The van der Waals surface area contributed by atoms with E-state index in [-0.39, 0.29) is 6.61 Å². The van der Waals surface area contributed by atoms with Crippen molar-refractivity contribution in [2.45, 2.75) is 26.9 Å². The lowest BCUT2D eigenvalue weighted by molar-refractivity contribution is 0.279. The number of benzene rings is 1. The molecule has 0 unspecified atom stereocenters. The summed E-state index contributed by atoms with van der Waals surface area (Å²) in [7, 11) is 0. The molecule has 94 valence electrons. The van der Waals surface area contributed by atoms with Crippen molar-refractivity contribution in [3.63, 3.8) is 0 Å². The summed E-state index contributed by atoms with van der Waals surface area (Å²) in [4.78, 5) is 8.83. The van der Waals surface area contributed by atoms with E-state index in [4.69, 9.17) is 11.6 Å². The van der Waals surface area contributed by atoms with Crippen molar-refractivity contribution in [3.05, 3.63) is 57.6 Å². The van der Waals surface area contributed by atoms with E-state index in [0.717, 1.165) is 28.3 Å². The number of nitrogens with zero attached hydrogens (tertiary/aromatic N) is 2. The van der Waals surface area contributed by atoms with Crippen LogP contribution in [0.25, 0.3) is 0 Å². The van der Waals surface area contributed by atoms with Crippen LogP contribution in [0.15, 0.2) is 24.3 Å². The molecule has 0 aliphatic carbocycles. The minimum atomic E-state index is -0.0187. The molecule has 1 heterocycles. The number of hydrogen-bond donors (Lipinski definition) is 1. The number of rotatable bonds is 3. The summed E-state index contributed by atoms with van der Waals surface area (Å²) in [6, 6.07) is 7.67. The molecule has 0 bridgehead atoms. The molecule has 0 aliphatic heterocycles. The van der Waals surface area contributed by atoms with Gasteiger partial charge in [0.1, 0.15) is 5.82 Å². The first-order valence-corrected chi connectivity index (χ1v) is 6.16. The third-order valence-corrected chi connectivity index (χ3v) is 3.11. The first-order valence-electron chi connectivity index (χ1n) is 5.78. The second-order valence-electron chi connectivity index (χ2n) is 4.25. The minimum Gasteiger partial charge on any atom is -0.392 e. The lowest BCUT2D eigenvalue weighted by Crippen LogP contribution is -2.05. The second-order valence-corrected chi connectivity index (χ2v) is 4.69. The van der Waals surface area contributed by atoms with Gasteiger partial charge in [0.2, 0.25) is 0 Å². The van der Waals surface area contributed by atoms with E-state index in [0.29, 0.717) is 11.4 Å². The lowest BCUT2D eigenvalue weighted by Gasteiger charge is -2.08. The summed E-state index contributed by atoms with van der Waals surface area (Å²) < 4.78 is 0. The normalized spacial score (nSPS) is 10.7. The molecular weight excluding hydrogens is 248 g/mol. The first-order chi connectivity index (χ1) is 8.60. The average Bonchev–Trinajstić information content (AvgIpc) is 2.28. The smallest absolute Gasteiger partial charge is 0.133 e. The summed E-state index contributed by atoms with van der Waals surface area (Å²) in [6.45, 7) is 3.76. The van der Waals surface area contributed by atoms with Gasteiger partial charge in [-0.3, -0.25) is 0 Å². The number of hydrogen-bond acceptors (Lipinski definition) is 3. The fourth-order valence-corrected chi connectivity index (χ4v) is 2.16. The van der Waals surface area contributed by atoms with Gasteiger partial charge in [0, 0.05) is 28.4 Å². The van der Waals surface area contributed by atoms with Crippen LogP contribution in [0.2, 0.25) is 5.02 Å². The van der Waals surface area contributed by atoms with E-state index in [2.05, 4.69) is 9.97 Å². The molecule has 1 aromatic carbocycles. The molecule has 0 aliphatic rings. The van der Waals surface area contributed by atoms with Crippen LogP contribution in [0.5, 0.6) is 0 Å². The highest BCUT2D eigenvalue weighted by Gasteiger charge is 2.08. The Morgan fingerprint density at radius 1 is 1.17 bits per heavy atom. The summed E-state index contributed by atoms with van der Waals surface area (Å²) in [5.74, 6) is 0.754. The van der Waals surface area contributed by atoms with Gasteiger partial charge in [-0.15, -0.1) is 0 Å². The van der Waals surface area contributed by atoms with Gasteiger partial charge in [0.15, 0.2) is 0 Å². The zero-order valence-electron chi connectivity index (χ0n) is 10.4. The zero-order valence-corrected chi connectivity index (χ0v) is 11.2. The van der Waals surface area contributed by atoms with Gasteiger partial charge in [-0.2, -0.15) is 0 Å². The quantitative estimate of drug-likeness (QED) is 0.925. The molecular formula is C14H15ClN2O. The fourth-order valence-electron chi connectivity index (χ4n) is 1.95. The summed E-state index contributed by atoms with van der Waals surface area (Å²) in [6.07, 6.45) is 0.647. The number of aliphatic hydroxyl groups excluding tert-OH is 1. The summed E-state index contributed by atoms with van der Waals surface area (Å²) >= 11 is 5.95. The van der Waals surface area contributed by atoms with Crippen molar-refractivity contribution in [2.24, 2.45) is 0 Å². The van der Waals surface area contributed by atoms with Crippen LogP contribution in [0.1, 0.15) is 28.3 Å². The molecule has 0 saturated carbocycles. The van der Waals surface area contributed by atoms with Crippen molar-refractivity contribution in [1.29, 1.82) is 0 Å². The van der Waals surface area contributed by atoms with Crippen LogP contribution in [-0.2, 0) is 13.0 Å². The Labute approximate surface area is 111 Å². The Morgan fingerprint density at radius 3 is 2.39 bits per heavy atom. The largest absolute Gasteiger partial charge is 0.392 e. The maximum absolute atomic E-state index is 9.22. The van der Waals surface area contributed by atoms with Crippen LogP contribution < -0.4 is 0 Å². The number of halogens is 1. The van der Waals surface area contributed by atoms with Crippen LogP contribution in [0, 0.1) is 13.8 Å². The van der Waals surface area contributed by atoms with Gasteiger partial charge in [0.25, 0.3) is 0 Å².